The molecule has 1 N–H and O–H groups in total. The number of carbonyl (C=O) groups excluding carboxylic acids is 1. The molecule has 1 aliphatic heterocycles. The van der Waals surface area contributed by atoms with Gasteiger partial charge in [-0.2, -0.15) is 8.78 Å². The van der Waals surface area contributed by atoms with E-state index in [2.05, 4.69) is 10.2 Å². The molecule has 5 rings (SSSR count). The average molecular weight is 447 g/mol. The molecule has 2 heterocycles. The number of alkyl halides is 2. The fraction of sp³-hybridized carbons (Fsp3) is 0.160. The quantitative estimate of drug-likeness (QED) is 0.445. The zero-order valence-electron chi connectivity index (χ0n) is 17.3. The highest BCUT2D eigenvalue weighted by molar-refractivity contribution is 5.99. The van der Waals surface area contributed by atoms with Crippen LogP contribution in [0, 0.1) is 0 Å². The number of amides is 1. The Morgan fingerprint density at radius 2 is 1.58 bits per heavy atom. The second kappa shape index (κ2) is 8.55. The zero-order valence-corrected chi connectivity index (χ0v) is 17.3. The van der Waals surface area contributed by atoms with Crippen LogP contribution in [-0.2, 0) is 6.54 Å². The van der Waals surface area contributed by atoms with Gasteiger partial charge in [0.2, 0.25) is 5.89 Å². The maximum Gasteiger partial charge on any atom is 0.314 e. The molecule has 3 aromatic carbocycles. The summed E-state index contributed by atoms with van der Waals surface area (Å²) < 4.78 is 30.7. The van der Waals surface area contributed by atoms with Gasteiger partial charge >= 0.3 is 6.43 Å². The van der Waals surface area contributed by atoms with Crippen molar-refractivity contribution in [3.63, 3.8) is 0 Å². The second-order valence-corrected chi connectivity index (χ2v) is 7.76. The number of aliphatic hydroxyl groups excluding tert-OH is 1. The summed E-state index contributed by atoms with van der Waals surface area (Å²) in [6.45, 7) is 0.296. The molecule has 2 atom stereocenters. The SMILES string of the molecule is O=C1c2cc(-c3nnc(C(F)F)o3)ccc2CN1[C@H](c1ccccc1)C(O)c1ccccc1. The number of carbonyl (C=O) groups is 1. The van der Waals surface area contributed by atoms with Crippen LogP contribution >= 0.6 is 0 Å². The Morgan fingerprint density at radius 1 is 0.909 bits per heavy atom. The molecule has 8 heteroatoms. The lowest BCUT2D eigenvalue weighted by atomic mass is 9.94. The standard InChI is InChI=1S/C25H19F2N3O3/c26-22(27)24-29-28-23(33-24)17-11-12-18-14-30(25(32)19(18)13-17)20(15-7-3-1-4-8-15)21(31)16-9-5-2-6-10-16/h1-13,20-22,31H,14H2/t20-,21?/m1/s1. The molecule has 1 amide bonds. The molecular weight excluding hydrogens is 428 g/mol. The first kappa shape index (κ1) is 21.0. The van der Waals surface area contributed by atoms with E-state index in [4.69, 9.17) is 4.42 Å². The number of hydrogen-bond acceptors (Lipinski definition) is 5. The molecule has 1 aromatic heterocycles. The maximum absolute atomic E-state index is 13.5. The summed E-state index contributed by atoms with van der Waals surface area (Å²) in [5.74, 6) is -1.12. The third-order valence-electron chi connectivity index (χ3n) is 5.73. The van der Waals surface area contributed by atoms with Gasteiger partial charge in [-0.1, -0.05) is 66.7 Å². The van der Waals surface area contributed by atoms with E-state index in [1.165, 1.54) is 0 Å². The zero-order chi connectivity index (χ0) is 22.9. The lowest BCUT2D eigenvalue weighted by Gasteiger charge is -2.32. The summed E-state index contributed by atoms with van der Waals surface area (Å²) in [6, 6.07) is 22.9. The van der Waals surface area contributed by atoms with Crippen molar-refractivity contribution in [3.05, 3.63) is 107 Å². The monoisotopic (exact) mass is 447 g/mol. The first-order valence-electron chi connectivity index (χ1n) is 10.4. The molecule has 0 spiro atoms. The van der Waals surface area contributed by atoms with Crippen LogP contribution in [0.5, 0.6) is 0 Å². The van der Waals surface area contributed by atoms with Crippen molar-refractivity contribution in [2.24, 2.45) is 0 Å². The number of rotatable bonds is 6. The number of aliphatic hydroxyl groups is 1. The van der Waals surface area contributed by atoms with Gasteiger partial charge in [0, 0.05) is 17.7 Å². The van der Waals surface area contributed by atoms with E-state index < -0.39 is 24.5 Å². The lowest BCUT2D eigenvalue weighted by Crippen LogP contribution is -2.33. The molecule has 33 heavy (non-hydrogen) atoms. The van der Waals surface area contributed by atoms with E-state index in [0.29, 0.717) is 23.2 Å². The summed E-state index contributed by atoms with van der Waals surface area (Å²) in [7, 11) is 0. The normalized spacial score (nSPS) is 15.0. The molecule has 0 fully saturated rings. The van der Waals surface area contributed by atoms with Gasteiger partial charge in [-0.05, 0) is 28.8 Å². The number of nitrogens with zero attached hydrogens (tertiary/aromatic N) is 3. The summed E-state index contributed by atoms with van der Waals surface area (Å²) in [4.78, 5) is 15.1. The molecule has 0 bridgehead atoms. The van der Waals surface area contributed by atoms with Crippen LogP contribution < -0.4 is 0 Å². The minimum Gasteiger partial charge on any atom is -0.415 e. The van der Waals surface area contributed by atoms with Crippen LogP contribution in [0.2, 0.25) is 0 Å². The molecule has 6 nitrogen and oxygen atoms in total. The number of halogens is 2. The first-order chi connectivity index (χ1) is 16.0. The largest absolute Gasteiger partial charge is 0.415 e. The molecule has 0 saturated heterocycles. The Labute approximate surface area is 188 Å². The Kier molecular flexibility index (Phi) is 5.43. The van der Waals surface area contributed by atoms with Gasteiger partial charge in [0.25, 0.3) is 11.8 Å². The van der Waals surface area contributed by atoms with Crippen molar-refractivity contribution in [2.45, 2.75) is 25.1 Å². The van der Waals surface area contributed by atoms with E-state index in [9.17, 15) is 18.7 Å². The van der Waals surface area contributed by atoms with Crippen molar-refractivity contribution in [1.29, 1.82) is 0 Å². The summed E-state index contributed by atoms with van der Waals surface area (Å²) >= 11 is 0. The molecule has 4 aromatic rings. The molecule has 1 unspecified atom stereocenters. The number of benzene rings is 3. The minimum atomic E-state index is -2.87. The van der Waals surface area contributed by atoms with Crippen molar-refractivity contribution in [1.82, 2.24) is 15.1 Å². The Bertz CT molecular complexity index is 1280. The fourth-order valence-electron chi connectivity index (χ4n) is 4.14. The van der Waals surface area contributed by atoms with Crippen LogP contribution in [0.1, 0.15) is 51.5 Å². The van der Waals surface area contributed by atoms with Crippen LogP contribution in [0.3, 0.4) is 0 Å². The van der Waals surface area contributed by atoms with Gasteiger partial charge in [0.05, 0.1) is 6.04 Å². The van der Waals surface area contributed by atoms with E-state index in [0.717, 1.165) is 11.1 Å². The third-order valence-corrected chi connectivity index (χ3v) is 5.73. The number of hydrogen-bond donors (Lipinski definition) is 1. The van der Waals surface area contributed by atoms with E-state index >= 15 is 0 Å². The predicted molar refractivity (Wildman–Crippen MR) is 115 cm³/mol. The summed E-state index contributed by atoms with van der Waals surface area (Å²) in [6.07, 6.45) is -3.82. The highest BCUT2D eigenvalue weighted by Gasteiger charge is 2.38. The second-order valence-electron chi connectivity index (χ2n) is 7.76. The van der Waals surface area contributed by atoms with Gasteiger partial charge in [0.1, 0.15) is 6.10 Å². The van der Waals surface area contributed by atoms with Gasteiger partial charge < -0.3 is 14.4 Å². The van der Waals surface area contributed by atoms with Crippen molar-refractivity contribution < 1.29 is 23.1 Å². The average Bonchev–Trinajstić information content (AvgIpc) is 3.46. The fourth-order valence-corrected chi connectivity index (χ4v) is 4.14. The van der Waals surface area contributed by atoms with Crippen molar-refractivity contribution in [3.8, 4) is 11.5 Å². The molecule has 166 valence electrons. The highest BCUT2D eigenvalue weighted by atomic mass is 19.3. The molecule has 0 radical (unpaired) electrons. The van der Waals surface area contributed by atoms with Crippen LogP contribution in [0.15, 0.2) is 83.3 Å². The molecular formula is C25H19F2N3O3. The summed E-state index contributed by atoms with van der Waals surface area (Å²) in [5, 5.41) is 18.3. The van der Waals surface area contributed by atoms with Crippen LogP contribution in [0.4, 0.5) is 8.78 Å². The highest BCUT2D eigenvalue weighted by Crippen LogP contribution is 2.40. The van der Waals surface area contributed by atoms with Crippen LogP contribution in [0.25, 0.3) is 11.5 Å². The van der Waals surface area contributed by atoms with E-state index in [1.807, 2.05) is 60.7 Å². The Morgan fingerprint density at radius 3 is 2.21 bits per heavy atom. The topological polar surface area (TPSA) is 79.5 Å². The predicted octanol–water partition coefficient (Wildman–Crippen LogP) is 5.10. The molecule has 0 saturated carbocycles. The lowest BCUT2D eigenvalue weighted by molar-refractivity contribution is 0.0360. The van der Waals surface area contributed by atoms with Gasteiger partial charge in [-0.25, -0.2) is 0 Å². The van der Waals surface area contributed by atoms with E-state index in [-0.39, 0.29) is 11.8 Å². The van der Waals surface area contributed by atoms with Crippen molar-refractivity contribution >= 4 is 5.91 Å². The molecule has 1 aliphatic rings. The number of aromatic nitrogens is 2. The van der Waals surface area contributed by atoms with Crippen molar-refractivity contribution in [2.75, 3.05) is 0 Å². The minimum absolute atomic E-state index is 0.0803. The van der Waals surface area contributed by atoms with E-state index in [1.54, 1.807) is 23.1 Å². The van der Waals surface area contributed by atoms with Gasteiger partial charge in [-0.3, -0.25) is 4.79 Å². The smallest absolute Gasteiger partial charge is 0.314 e. The maximum atomic E-state index is 13.5. The summed E-state index contributed by atoms with van der Waals surface area (Å²) in [5.41, 5.74) is 3.04. The molecule has 0 aliphatic carbocycles. The number of fused-ring (bicyclic) bond motifs is 1. The Hall–Kier alpha value is -3.91. The Balaban J connectivity index is 1.50. The van der Waals surface area contributed by atoms with Crippen LogP contribution in [-0.4, -0.2) is 26.1 Å². The van der Waals surface area contributed by atoms with Gasteiger partial charge in [-0.15, -0.1) is 10.2 Å². The van der Waals surface area contributed by atoms with Gasteiger partial charge in [0.15, 0.2) is 0 Å². The first-order valence-corrected chi connectivity index (χ1v) is 10.4. The third kappa shape index (κ3) is 3.89.